The van der Waals surface area contributed by atoms with E-state index in [4.69, 9.17) is 10.5 Å². The van der Waals surface area contributed by atoms with Gasteiger partial charge >= 0.3 is 0 Å². The SMILES string of the molecule is NCCCOc1ccc(S(=O)(=O)NC2CC2)cc1. The summed E-state index contributed by atoms with van der Waals surface area (Å²) in [6, 6.07) is 6.57. The molecule has 0 atom stereocenters. The Morgan fingerprint density at radius 3 is 2.50 bits per heavy atom. The number of hydrogen-bond acceptors (Lipinski definition) is 4. The first-order chi connectivity index (χ1) is 8.62. The molecule has 0 aliphatic heterocycles. The van der Waals surface area contributed by atoms with Crippen LogP contribution in [0.1, 0.15) is 19.3 Å². The lowest BCUT2D eigenvalue weighted by atomic mass is 10.3. The van der Waals surface area contributed by atoms with E-state index in [1.54, 1.807) is 24.3 Å². The normalized spacial score (nSPS) is 15.6. The van der Waals surface area contributed by atoms with Gasteiger partial charge in [-0.1, -0.05) is 0 Å². The molecule has 1 aliphatic rings. The largest absolute Gasteiger partial charge is 0.494 e. The maximum Gasteiger partial charge on any atom is 0.240 e. The van der Waals surface area contributed by atoms with Gasteiger partial charge in [-0.3, -0.25) is 0 Å². The Bertz CT molecular complexity index is 481. The van der Waals surface area contributed by atoms with Crippen LogP contribution in [0.5, 0.6) is 5.75 Å². The van der Waals surface area contributed by atoms with Crippen LogP contribution in [0.2, 0.25) is 0 Å². The molecular formula is C12H18N2O3S. The number of ether oxygens (including phenoxy) is 1. The number of sulfonamides is 1. The first-order valence-electron chi connectivity index (χ1n) is 6.07. The highest BCUT2D eigenvalue weighted by atomic mass is 32.2. The number of nitrogens with two attached hydrogens (primary N) is 1. The van der Waals surface area contributed by atoms with Gasteiger partial charge in [0.1, 0.15) is 5.75 Å². The van der Waals surface area contributed by atoms with Crippen LogP contribution in [0.3, 0.4) is 0 Å². The zero-order valence-electron chi connectivity index (χ0n) is 10.1. The van der Waals surface area contributed by atoms with Gasteiger partial charge in [0, 0.05) is 6.04 Å². The van der Waals surface area contributed by atoms with E-state index in [-0.39, 0.29) is 10.9 Å². The molecule has 0 amide bonds. The molecule has 1 fully saturated rings. The van der Waals surface area contributed by atoms with Crippen LogP contribution in [0.25, 0.3) is 0 Å². The molecule has 1 aliphatic carbocycles. The fraction of sp³-hybridized carbons (Fsp3) is 0.500. The first-order valence-corrected chi connectivity index (χ1v) is 7.55. The van der Waals surface area contributed by atoms with Crippen molar-refractivity contribution < 1.29 is 13.2 Å². The molecule has 0 heterocycles. The minimum absolute atomic E-state index is 0.121. The average molecular weight is 270 g/mol. The summed E-state index contributed by atoms with van der Waals surface area (Å²) in [5.74, 6) is 0.661. The van der Waals surface area contributed by atoms with E-state index in [1.165, 1.54) is 0 Å². The summed E-state index contributed by atoms with van der Waals surface area (Å²) in [4.78, 5) is 0.278. The minimum atomic E-state index is -3.36. The Kier molecular flexibility index (Phi) is 4.21. The van der Waals surface area contributed by atoms with Crippen molar-refractivity contribution in [2.75, 3.05) is 13.2 Å². The summed E-state index contributed by atoms with van der Waals surface area (Å²) in [5, 5.41) is 0. The van der Waals surface area contributed by atoms with Crippen LogP contribution in [-0.4, -0.2) is 27.6 Å². The standard InChI is InChI=1S/C12H18N2O3S/c13-8-1-9-17-11-4-6-12(7-5-11)18(15,16)14-10-2-3-10/h4-7,10,14H,1-3,8-9,13H2. The topological polar surface area (TPSA) is 81.4 Å². The maximum absolute atomic E-state index is 11.9. The van der Waals surface area contributed by atoms with Gasteiger partial charge in [-0.2, -0.15) is 0 Å². The summed E-state index contributed by atoms with van der Waals surface area (Å²) in [6.45, 7) is 1.13. The summed E-state index contributed by atoms with van der Waals surface area (Å²) in [5.41, 5.74) is 5.36. The Hall–Kier alpha value is -1.11. The van der Waals surface area contributed by atoms with Crippen molar-refractivity contribution in [2.45, 2.75) is 30.2 Å². The third-order valence-corrected chi connectivity index (χ3v) is 4.19. The van der Waals surface area contributed by atoms with Crippen LogP contribution in [0.4, 0.5) is 0 Å². The Balaban J connectivity index is 1.97. The highest BCUT2D eigenvalue weighted by Gasteiger charge is 2.27. The van der Waals surface area contributed by atoms with E-state index < -0.39 is 10.0 Å². The predicted molar refractivity (Wildman–Crippen MR) is 69.0 cm³/mol. The molecule has 2 rings (SSSR count). The number of nitrogens with one attached hydrogen (secondary N) is 1. The quantitative estimate of drug-likeness (QED) is 0.720. The van der Waals surface area contributed by atoms with E-state index in [2.05, 4.69) is 4.72 Å². The number of rotatable bonds is 7. The number of benzene rings is 1. The molecule has 0 unspecified atom stereocenters. The molecule has 1 aromatic rings. The molecule has 0 spiro atoms. The zero-order chi connectivity index (χ0) is 13.0. The van der Waals surface area contributed by atoms with Crippen LogP contribution >= 0.6 is 0 Å². The van der Waals surface area contributed by atoms with Gasteiger partial charge in [0.05, 0.1) is 11.5 Å². The van der Waals surface area contributed by atoms with Gasteiger partial charge in [-0.15, -0.1) is 0 Å². The lowest BCUT2D eigenvalue weighted by Crippen LogP contribution is -2.25. The van der Waals surface area contributed by atoms with Crippen molar-refractivity contribution in [3.05, 3.63) is 24.3 Å². The van der Waals surface area contributed by atoms with Gasteiger partial charge < -0.3 is 10.5 Å². The highest BCUT2D eigenvalue weighted by molar-refractivity contribution is 7.89. The van der Waals surface area contributed by atoms with E-state index in [1.807, 2.05) is 0 Å². The molecule has 0 radical (unpaired) electrons. The predicted octanol–water partition coefficient (Wildman–Crippen LogP) is 0.855. The van der Waals surface area contributed by atoms with E-state index in [9.17, 15) is 8.42 Å². The molecule has 6 heteroatoms. The monoisotopic (exact) mass is 270 g/mol. The molecule has 100 valence electrons. The van der Waals surface area contributed by atoms with Crippen molar-refractivity contribution in [2.24, 2.45) is 5.73 Å². The van der Waals surface area contributed by atoms with Crippen LogP contribution in [-0.2, 0) is 10.0 Å². The molecule has 1 aromatic carbocycles. The maximum atomic E-state index is 11.9. The van der Waals surface area contributed by atoms with E-state index in [0.29, 0.717) is 18.9 Å². The average Bonchev–Trinajstić information content (AvgIpc) is 3.13. The summed E-state index contributed by atoms with van der Waals surface area (Å²) in [7, 11) is -3.36. The molecule has 0 aromatic heterocycles. The highest BCUT2D eigenvalue weighted by Crippen LogP contribution is 2.23. The second-order valence-electron chi connectivity index (χ2n) is 4.36. The summed E-state index contributed by atoms with van der Waals surface area (Å²) in [6.07, 6.45) is 2.64. The van der Waals surface area contributed by atoms with Gasteiger partial charge in [0.25, 0.3) is 0 Å². The van der Waals surface area contributed by atoms with Gasteiger partial charge in [0.2, 0.25) is 10.0 Å². The van der Waals surface area contributed by atoms with Crippen molar-refractivity contribution in [3.63, 3.8) is 0 Å². The Labute approximate surface area is 107 Å². The summed E-state index contributed by atoms with van der Waals surface area (Å²) < 4.78 is 31.8. The second kappa shape index (κ2) is 5.69. The van der Waals surface area contributed by atoms with Gasteiger partial charge in [-0.25, -0.2) is 13.1 Å². The lowest BCUT2D eigenvalue weighted by Gasteiger charge is -2.08. The van der Waals surface area contributed by atoms with Crippen molar-refractivity contribution in [1.29, 1.82) is 0 Å². The minimum Gasteiger partial charge on any atom is -0.494 e. The lowest BCUT2D eigenvalue weighted by molar-refractivity contribution is 0.313. The smallest absolute Gasteiger partial charge is 0.240 e. The fourth-order valence-corrected chi connectivity index (χ4v) is 2.78. The zero-order valence-corrected chi connectivity index (χ0v) is 10.9. The molecule has 0 bridgehead atoms. The molecule has 5 nitrogen and oxygen atoms in total. The summed E-state index contributed by atoms with van der Waals surface area (Å²) >= 11 is 0. The van der Waals surface area contributed by atoms with E-state index >= 15 is 0 Å². The van der Waals surface area contributed by atoms with Crippen LogP contribution < -0.4 is 15.2 Å². The van der Waals surface area contributed by atoms with Crippen molar-refractivity contribution in [1.82, 2.24) is 4.72 Å². The first kappa shape index (κ1) is 13.3. The van der Waals surface area contributed by atoms with Crippen LogP contribution in [0.15, 0.2) is 29.2 Å². The van der Waals surface area contributed by atoms with Crippen molar-refractivity contribution >= 4 is 10.0 Å². The van der Waals surface area contributed by atoms with Crippen molar-refractivity contribution in [3.8, 4) is 5.75 Å². The second-order valence-corrected chi connectivity index (χ2v) is 6.07. The Morgan fingerprint density at radius 1 is 1.28 bits per heavy atom. The van der Waals surface area contributed by atoms with Gasteiger partial charge in [-0.05, 0) is 50.1 Å². The van der Waals surface area contributed by atoms with Gasteiger partial charge in [0.15, 0.2) is 0 Å². The molecular weight excluding hydrogens is 252 g/mol. The van der Waals surface area contributed by atoms with E-state index in [0.717, 1.165) is 19.3 Å². The molecule has 0 saturated heterocycles. The van der Waals surface area contributed by atoms with Crippen LogP contribution in [0, 0.1) is 0 Å². The third kappa shape index (κ3) is 3.69. The Morgan fingerprint density at radius 2 is 1.94 bits per heavy atom. The fourth-order valence-electron chi connectivity index (χ4n) is 1.48. The molecule has 18 heavy (non-hydrogen) atoms. The third-order valence-electron chi connectivity index (χ3n) is 2.65. The number of hydrogen-bond donors (Lipinski definition) is 2. The molecule has 1 saturated carbocycles. The molecule has 3 N–H and O–H groups in total.